The number of carbonyl (C=O) groups is 2. The first kappa shape index (κ1) is 48.4. The highest BCUT2D eigenvalue weighted by molar-refractivity contribution is 5.83. The molecule has 0 aromatic carbocycles. The molecule has 0 saturated heterocycles. The van der Waals surface area contributed by atoms with E-state index < -0.39 is 23.8 Å². The van der Waals surface area contributed by atoms with Crippen molar-refractivity contribution in [3.05, 3.63) is 12.2 Å². The second kappa shape index (κ2) is 35.8. The number of rotatable bonds is 39. The molecule has 0 amide bonds. The van der Waals surface area contributed by atoms with Gasteiger partial charge in [-0.3, -0.25) is 19.4 Å². The molecule has 0 aromatic heterocycles. The Morgan fingerprint density at radius 1 is 0.560 bits per heavy atom. The van der Waals surface area contributed by atoms with Crippen LogP contribution in [0.1, 0.15) is 155 Å². The van der Waals surface area contributed by atoms with Gasteiger partial charge < -0.3 is 30.3 Å². The van der Waals surface area contributed by atoms with Crippen LogP contribution in [-0.2, 0) is 14.3 Å². The number of allylic oxidation sites excluding steroid dienone is 2. The monoisotopic (exact) mass is 715 g/mol. The minimum absolute atomic E-state index is 0.0142. The first-order chi connectivity index (χ1) is 24.4. The molecule has 0 fully saturated rings. The minimum atomic E-state index is -1.29. The number of esters is 1. The number of hydrogen-bond donors (Lipinski definition) is 5. The number of unbranched alkanes of at least 4 members (excludes halogenated alkanes) is 19. The molecule has 0 aliphatic carbocycles. The maximum Gasteiger partial charge on any atom is 0.313 e. The summed E-state index contributed by atoms with van der Waals surface area (Å²) in [6.45, 7) is 3.81. The van der Waals surface area contributed by atoms with Gasteiger partial charge in [0.15, 0.2) is 0 Å². The molecule has 10 nitrogen and oxygen atoms in total. The molecule has 10 heteroatoms. The number of aliphatic hydroxyl groups is 4. The van der Waals surface area contributed by atoms with Crippen molar-refractivity contribution in [2.24, 2.45) is 5.41 Å². The summed E-state index contributed by atoms with van der Waals surface area (Å²) in [6.07, 6.45) is 30.3. The van der Waals surface area contributed by atoms with E-state index in [0.29, 0.717) is 39.3 Å². The Hall–Kier alpha value is -1.56. The van der Waals surface area contributed by atoms with Crippen molar-refractivity contribution in [3.8, 4) is 0 Å². The molecule has 0 saturated carbocycles. The molecule has 0 bridgehead atoms. The Labute approximate surface area is 305 Å². The van der Waals surface area contributed by atoms with Crippen LogP contribution < -0.4 is 0 Å². The predicted molar refractivity (Wildman–Crippen MR) is 203 cm³/mol. The SMILES string of the molecule is CCCCCCCCCCCCCCCCCCCCC/C=C/CC(CCN(CCO)CCO)(CC(=O)O)C(=O)OCCN(CCO)CCO. The lowest BCUT2D eigenvalue weighted by Crippen LogP contribution is -2.41. The highest BCUT2D eigenvalue weighted by atomic mass is 16.5. The fourth-order valence-electron chi connectivity index (χ4n) is 6.61. The molecule has 0 aliphatic heterocycles. The Morgan fingerprint density at radius 3 is 1.36 bits per heavy atom. The van der Waals surface area contributed by atoms with Gasteiger partial charge in [-0.1, -0.05) is 135 Å². The summed E-state index contributed by atoms with van der Waals surface area (Å²) in [5.74, 6) is -1.68. The van der Waals surface area contributed by atoms with Crippen molar-refractivity contribution in [1.29, 1.82) is 0 Å². The Bertz CT molecular complexity index is 787. The lowest BCUT2D eigenvalue weighted by atomic mass is 9.77. The largest absolute Gasteiger partial charge is 0.481 e. The van der Waals surface area contributed by atoms with Crippen LogP contribution in [-0.4, -0.2) is 120 Å². The standard InChI is InChI=1S/C40H78N2O8/c1-2-3-4-5-6-7-8-9-10-11-12-13-14-15-16-17-18-19-20-21-22-23-24-40(37-38(47)48,25-26-41(27-32-43)28-33-44)39(49)50-36-31-42(29-34-45)30-35-46/h22-23,43-46H,2-21,24-37H2,1H3,(H,47,48)/b23-22+. The van der Waals surface area contributed by atoms with Gasteiger partial charge in [0.1, 0.15) is 6.61 Å². The summed E-state index contributed by atoms with van der Waals surface area (Å²) in [5.41, 5.74) is -1.29. The van der Waals surface area contributed by atoms with E-state index in [1.54, 1.807) is 4.90 Å². The average molecular weight is 715 g/mol. The second-order valence-corrected chi connectivity index (χ2v) is 14.1. The molecule has 0 spiro atoms. The van der Waals surface area contributed by atoms with Gasteiger partial charge in [-0.15, -0.1) is 0 Å². The van der Waals surface area contributed by atoms with E-state index >= 15 is 0 Å². The van der Waals surface area contributed by atoms with Gasteiger partial charge >= 0.3 is 11.9 Å². The van der Waals surface area contributed by atoms with Crippen LogP contribution in [0.15, 0.2) is 12.2 Å². The number of aliphatic carboxylic acids is 1. The molecule has 0 heterocycles. The number of ether oxygens (including phenoxy) is 1. The van der Waals surface area contributed by atoms with Gasteiger partial charge in [-0.2, -0.15) is 0 Å². The van der Waals surface area contributed by atoms with Crippen LogP contribution in [0.25, 0.3) is 0 Å². The fourth-order valence-corrected chi connectivity index (χ4v) is 6.61. The number of aliphatic hydroxyl groups excluding tert-OH is 4. The van der Waals surface area contributed by atoms with Gasteiger partial charge in [0.05, 0.1) is 38.3 Å². The summed E-state index contributed by atoms with van der Waals surface area (Å²) >= 11 is 0. The van der Waals surface area contributed by atoms with Crippen molar-refractivity contribution in [1.82, 2.24) is 9.80 Å². The molecule has 296 valence electrons. The molecule has 1 atom stereocenters. The van der Waals surface area contributed by atoms with E-state index in [4.69, 9.17) is 4.74 Å². The number of nitrogens with zero attached hydrogens (tertiary/aromatic N) is 2. The zero-order valence-electron chi connectivity index (χ0n) is 32.1. The second-order valence-electron chi connectivity index (χ2n) is 14.1. The summed E-state index contributed by atoms with van der Waals surface area (Å²) in [5, 5.41) is 47.2. The highest BCUT2D eigenvalue weighted by Gasteiger charge is 2.41. The number of carboxylic acid groups (broad SMARTS) is 1. The first-order valence-corrected chi connectivity index (χ1v) is 20.3. The zero-order valence-corrected chi connectivity index (χ0v) is 32.1. The van der Waals surface area contributed by atoms with Gasteiger partial charge in [-0.05, 0) is 32.2 Å². The van der Waals surface area contributed by atoms with Crippen molar-refractivity contribution < 1.29 is 39.9 Å². The van der Waals surface area contributed by atoms with Gasteiger partial charge in [0, 0.05) is 32.7 Å². The quantitative estimate of drug-likeness (QED) is 0.0264. The number of carboxylic acids is 1. The van der Waals surface area contributed by atoms with Crippen molar-refractivity contribution >= 4 is 11.9 Å². The highest BCUT2D eigenvalue weighted by Crippen LogP contribution is 2.34. The van der Waals surface area contributed by atoms with E-state index in [-0.39, 0.29) is 45.9 Å². The smallest absolute Gasteiger partial charge is 0.313 e. The maximum absolute atomic E-state index is 13.5. The number of carbonyl (C=O) groups excluding carboxylic acids is 1. The Balaban J connectivity index is 4.56. The van der Waals surface area contributed by atoms with E-state index in [0.717, 1.165) is 19.3 Å². The normalized spacial score (nSPS) is 13.1. The summed E-state index contributed by atoms with van der Waals surface area (Å²) in [6, 6.07) is 0. The van der Waals surface area contributed by atoms with Gasteiger partial charge in [-0.25, -0.2) is 0 Å². The summed E-state index contributed by atoms with van der Waals surface area (Å²) < 4.78 is 5.63. The van der Waals surface area contributed by atoms with Crippen LogP contribution in [0.5, 0.6) is 0 Å². The predicted octanol–water partition coefficient (Wildman–Crippen LogP) is 6.72. The minimum Gasteiger partial charge on any atom is -0.481 e. The number of hydrogen-bond acceptors (Lipinski definition) is 9. The van der Waals surface area contributed by atoms with Crippen LogP contribution >= 0.6 is 0 Å². The maximum atomic E-state index is 13.5. The van der Waals surface area contributed by atoms with Crippen LogP contribution in [0.3, 0.4) is 0 Å². The average Bonchev–Trinajstić information content (AvgIpc) is 3.09. The molecule has 1 unspecified atom stereocenters. The topological polar surface area (TPSA) is 151 Å². The van der Waals surface area contributed by atoms with Crippen LogP contribution in [0.4, 0.5) is 0 Å². The molecule has 0 radical (unpaired) electrons. The lowest BCUT2D eigenvalue weighted by molar-refractivity contribution is -0.162. The summed E-state index contributed by atoms with van der Waals surface area (Å²) in [4.78, 5) is 29.1. The molecule has 0 rings (SSSR count). The van der Waals surface area contributed by atoms with Crippen molar-refractivity contribution in [3.63, 3.8) is 0 Å². The third-order valence-corrected chi connectivity index (χ3v) is 9.78. The molecule has 5 N–H and O–H groups in total. The molecular weight excluding hydrogens is 636 g/mol. The van der Waals surface area contributed by atoms with Gasteiger partial charge in [0.2, 0.25) is 0 Å². The van der Waals surface area contributed by atoms with Gasteiger partial charge in [0.25, 0.3) is 0 Å². The third kappa shape index (κ3) is 28.1. The molecule has 0 aromatic rings. The van der Waals surface area contributed by atoms with E-state index in [1.807, 2.05) is 17.1 Å². The fraction of sp³-hybridized carbons (Fsp3) is 0.900. The first-order valence-electron chi connectivity index (χ1n) is 20.3. The Kier molecular flexibility index (Phi) is 34.7. The van der Waals surface area contributed by atoms with E-state index in [2.05, 4.69) is 6.92 Å². The molecule has 0 aliphatic rings. The van der Waals surface area contributed by atoms with Crippen molar-refractivity contribution in [2.45, 2.75) is 155 Å². The van der Waals surface area contributed by atoms with Crippen LogP contribution in [0, 0.1) is 5.41 Å². The van der Waals surface area contributed by atoms with Crippen LogP contribution in [0.2, 0.25) is 0 Å². The molecule has 50 heavy (non-hydrogen) atoms. The molecular formula is C40H78N2O8. The lowest BCUT2D eigenvalue weighted by Gasteiger charge is -2.32. The third-order valence-electron chi connectivity index (χ3n) is 9.78. The van der Waals surface area contributed by atoms with E-state index in [1.165, 1.54) is 109 Å². The van der Waals surface area contributed by atoms with Crippen molar-refractivity contribution in [2.75, 3.05) is 72.3 Å². The van der Waals surface area contributed by atoms with E-state index in [9.17, 15) is 35.1 Å². The Morgan fingerprint density at radius 2 is 0.960 bits per heavy atom. The zero-order chi connectivity index (χ0) is 37.0. The summed E-state index contributed by atoms with van der Waals surface area (Å²) in [7, 11) is 0.